The van der Waals surface area contributed by atoms with Gasteiger partial charge in [-0.1, -0.05) is 20.3 Å². The van der Waals surface area contributed by atoms with E-state index < -0.39 is 0 Å². The Morgan fingerprint density at radius 3 is 2.70 bits per heavy atom. The predicted octanol–water partition coefficient (Wildman–Crippen LogP) is 5.19. The third-order valence-corrected chi connectivity index (χ3v) is 4.96. The van der Waals surface area contributed by atoms with Gasteiger partial charge in [-0.25, -0.2) is 4.98 Å². The molecule has 0 aliphatic heterocycles. The lowest BCUT2D eigenvalue weighted by Gasteiger charge is -2.36. The number of anilines is 1. The Morgan fingerprint density at radius 1 is 1.25 bits per heavy atom. The minimum absolute atomic E-state index is 0.483. The molecule has 0 amide bonds. The van der Waals surface area contributed by atoms with Crippen LogP contribution in [0.25, 0.3) is 10.6 Å². The van der Waals surface area contributed by atoms with Crippen LogP contribution in [0.2, 0.25) is 0 Å². The van der Waals surface area contributed by atoms with E-state index in [1.54, 1.807) is 11.3 Å². The maximum atomic E-state index is 4.35. The molecule has 1 saturated carbocycles. The van der Waals surface area contributed by atoms with Gasteiger partial charge in [-0.2, -0.15) is 0 Å². The minimum Gasteiger partial charge on any atom is -0.382 e. The molecule has 1 N–H and O–H groups in total. The molecule has 1 unspecified atom stereocenters. The number of aromatic nitrogens is 1. The first kappa shape index (κ1) is 13.6. The van der Waals surface area contributed by atoms with Crippen LogP contribution >= 0.6 is 11.3 Å². The van der Waals surface area contributed by atoms with Crippen molar-refractivity contribution in [2.45, 2.75) is 45.6 Å². The molecule has 2 aromatic rings. The summed E-state index contributed by atoms with van der Waals surface area (Å²) in [6.07, 6.45) is 7.10. The van der Waals surface area contributed by atoms with E-state index in [1.165, 1.54) is 36.9 Å². The molecule has 1 aliphatic rings. The maximum absolute atomic E-state index is 4.35. The fraction of sp³-hybridized carbons (Fsp3) is 0.471. The summed E-state index contributed by atoms with van der Waals surface area (Å²) < 4.78 is 0. The Morgan fingerprint density at radius 2 is 2.05 bits per heavy atom. The van der Waals surface area contributed by atoms with Crippen molar-refractivity contribution < 1.29 is 0 Å². The molecular formula is C17H22N2S. The standard InChI is InChI=1S/C17H22N2S/c1-17(2)9-3-4-15(12-17)19-14-7-5-13(6-8-14)16-18-10-11-20-16/h5-8,10-11,15,19H,3-4,9,12H2,1-2H3. The lowest BCUT2D eigenvalue weighted by atomic mass is 9.75. The van der Waals surface area contributed by atoms with Gasteiger partial charge in [-0.05, 0) is 48.9 Å². The number of hydrogen-bond donors (Lipinski definition) is 1. The second kappa shape index (κ2) is 5.57. The fourth-order valence-electron chi connectivity index (χ4n) is 3.13. The quantitative estimate of drug-likeness (QED) is 0.839. The van der Waals surface area contributed by atoms with E-state index in [9.17, 15) is 0 Å². The summed E-state index contributed by atoms with van der Waals surface area (Å²) in [5.74, 6) is 0. The Kier molecular flexibility index (Phi) is 3.79. The van der Waals surface area contributed by atoms with Crippen LogP contribution in [-0.4, -0.2) is 11.0 Å². The predicted molar refractivity (Wildman–Crippen MR) is 87.2 cm³/mol. The van der Waals surface area contributed by atoms with E-state index in [1.807, 2.05) is 11.6 Å². The fourth-order valence-corrected chi connectivity index (χ4v) is 3.78. The number of benzene rings is 1. The van der Waals surface area contributed by atoms with Gasteiger partial charge >= 0.3 is 0 Å². The normalized spacial score (nSPS) is 21.6. The van der Waals surface area contributed by atoms with Crippen LogP contribution in [0.3, 0.4) is 0 Å². The highest BCUT2D eigenvalue weighted by atomic mass is 32.1. The van der Waals surface area contributed by atoms with Crippen LogP contribution in [0.5, 0.6) is 0 Å². The van der Waals surface area contributed by atoms with Crippen LogP contribution in [-0.2, 0) is 0 Å². The lowest BCUT2D eigenvalue weighted by Crippen LogP contribution is -2.31. The minimum atomic E-state index is 0.483. The summed E-state index contributed by atoms with van der Waals surface area (Å²) in [5.41, 5.74) is 2.92. The van der Waals surface area contributed by atoms with Crippen molar-refractivity contribution in [2.75, 3.05) is 5.32 Å². The SMILES string of the molecule is CC1(C)CCCC(Nc2ccc(-c3nccs3)cc2)C1. The molecule has 2 nitrogen and oxygen atoms in total. The zero-order valence-corrected chi connectivity index (χ0v) is 13.0. The third kappa shape index (κ3) is 3.21. The van der Waals surface area contributed by atoms with Crippen molar-refractivity contribution in [3.8, 4) is 10.6 Å². The van der Waals surface area contributed by atoms with Crippen molar-refractivity contribution >= 4 is 17.0 Å². The van der Waals surface area contributed by atoms with Crippen LogP contribution < -0.4 is 5.32 Å². The Labute approximate surface area is 125 Å². The highest BCUT2D eigenvalue weighted by Crippen LogP contribution is 2.36. The lowest BCUT2D eigenvalue weighted by molar-refractivity contribution is 0.229. The Balaban J connectivity index is 1.66. The summed E-state index contributed by atoms with van der Waals surface area (Å²) in [7, 11) is 0. The van der Waals surface area contributed by atoms with Crippen molar-refractivity contribution in [3.63, 3.8) is 0 Å². The molecule has 0 radical (unpaired) electrons. The highest BCUT2D eigenvalue weighted by molar-refractivity contribution is 7.13. The monoisotopic (exact) mass is 286 g/mol. The van der Waals surface area contributed by atoms with E-state index in [0.29, 0.717) is 11.5 Å². The summed E-state index contributed by atoms with van der Waals surface area (Å²) in [5, 5.41) is 6.80. The van der Waals surface area contributed by atoms with E-state index in [0.717, 1.165) is 5.01 Å². The Hall–Kier alpha value is -1.35. The number of nitrogens with zero attached hydrogens (tertiary/aromatic N) is 1. The Bertz CT molecular complexity index is 543. The number of hydrogen-bond acceptors (Lipinski definition) is 3. The first-order valence-electron chi connectivity index (χ1n) is 7.39. The van der Waals surface area contributed by atoms with E-state index >= 15 is 0 Å². The summed E-state index contributed by atoms with van der Waals surface area (Å²) >= 11 is 1.69. The van der Waals surface area contributed by atoms with Gasteiger partial charge < -0.3 is 5.32 Å². The third-order valence-electron chi connectivity index (χ3n) is 4.14. The van der Waals surface area contributed by atoms with Crippen molar-refractivity contribution in [1.82, 2.24) is 4.98 Å². The molecule has 0 bridgehead atoms. The topological polar surface area (TPSA) is 24.9 Å². The van der Waals surface area contributed by atoms with Crippen LogP contribution in [0.1, 0.15) is 39.5 Å². The molecule has 20 heavy (non-hydrogen) atoms. The number of nitrogens with one attached hydrogen (secondary N) is 1. The summed E-state index contributed by atoms with van der Waals surface area (Å²) in [6.45, 7) is 4.76. The highest BCUT2D eigenvalue weighted by Gasteiger charge is 2.27. The molecular weight excluding hydrogens is 264 g/mol. The molecule has 1 aromatic heterocycles. The van der Waals surface area contributed by atoms with Crippen LogP contribution in [0.4, 0.5) is 5.69 Å². The van der Waals surface area contributed by atoms with Crippen LogP contribution in [0, 0.1) is 5.41 Å². The average Bonchev–Trinajstić information content (AvgIpc) is 2.92. The molecule has 1 aliphatic carbocycles. The molecule has 3 rings (SSSR count). The van der Waals surface area contributed by atoms with Crippen LogP contribution in [0.15, 0.2) is 35.8 Å². The first-order chi connectivity index (χ1) is 9.62. The van der Waals surface area contributed by atoms with Gasteiger partial charge in [0.1, 0.15) is 5.01 Å². The average molecular weight is 286 g/mol. The van der Waals surface area contributed by atoms with Gasteiger partial charge in [0.25, 0.3) is 0 Å². The van der Waals surface area contributed by atoms with Gasteiger partial charge in [0.2, 0.25) is 0 Å². The van der Waals surface area contributed by atoms with Crippen molar-refractivity contribution in [2.24, 2.45) is 5.41 Å². The molecule has 0 spiro atoms. The molecule has 3 heteroatoms. The number of thiazole rings is 1. The molecule has 1 atom stereocenters. The molecule has 1 fully saturated rings. The first-order valence-corrected chi connectivity index (χ1v) is 8.27. The second-order valence-corrected chi connectivity index (χ2v) is 7.41. The molecule has 1 aromatic carbocycles. The van der Waals surface area contributed by atoms with Gasteiger partial charge in [-0.15, -0.1) is 11.3 Å². The zero-order valence-electron chi connectivity index (χ0n) is 12.2. The van der Waals surface area contributed by atoms with Gasteiger partial charge in [-0.3, -0.25) is 0 Å². The maximum Gasteiger partial charge on any atom is 0.123 e. The zero-order chi connectivity index (χ0) is 14.0. The van der Waals surface area contributed by atoms with E-state index in [4.69, 9.17) is 0 Å². The number of rotatable bonds is 3. The van der Waals surface area contributed by atoms with Crippen molar-refractivity contribution in [1.29, 1.82) is 0 Å². The van der Waals surface area contributed by atoms with Gasteiger partial charge in [0.05, 0.1) is 0 Å². The van der Waals surface area contributed by atoms with E-state index in [-0.39, 0.29) is 0 Å². The van der Waals surface area contributed by atoms with Gasteiger partial charge in [0, 0.05) is 28.9 Å². The van der Waals surface area contributed by atoms with Gasteiger partial charge in [0.15, 0.2) is 0 Å². The second-order valence-electron chi connectivity index (χ2n) is 6.52. The largest absolute Gasteiger partial charge is 0.382 e. The molecule has 1 heterocycles. The molecule has 106 valence electrons. The summed E-state index contributed by atoms with van der Waals surface area (Å²) in [4.78, 5) is 4.35. The van der Waals surface area contributed by atoms with Crippen molar-refractivity contribution in [3.05, 3.63) is 35.8 Å². The van der Waals surface area contributed by atoms with E-state index in [2.05, 4.69) is 48.4 Å². The smallest absolute Gasteiger partial charge is 0.123 e. The molecule has 0 saturated heterocycles. The summed E-state index contributed by atoms with van der Waals surface area (Å²) in [6, 6.07) is 9.30.